The van der Waals surface area contributed by atoms with Crippen molar-refractivity contribution in [1.82, 2.24) is 5.32 Å². The van der Waals surface area contributed by atoms with E-state index < -0.39 is 29.2 Å². The maximum absolute atomic E-state index is 15.2. The maximum atomic E-state index is 15.2. The topological polar surface area (TPSA) is 69.7 Å². The molecule has 4 rings (SSSR count). The smallest absolute Gasteiger partial charge is 0.336 e. The van der Waals surface area contributed by atoms with E-state index in [1.165, 1.54) is 24.3 Å². The lowest BCUT2D eigenvalue weighted by molar-refractivity contribution is -0.122. The first-order valence-corrected chi connectivity index (χ1v) is 11.4. The van der Waals surface area contributed by atoms with Crippen LogP contribution in [0.25, 0.3) is 11.6 Å². The number of barbiturate groups is 1. The van der Waals surface area contributed by atoms with Crippen LogP contribution in [0.4, 0.5) is 20.6 Å². The summed E-state index contributed by atoms with van der Waals surface area (Å²) in [7, 11) is 0. The summed E-state index contributed by atoms with van der Waals surface area (Å²) in [6.07, 6.45) is 3.24. The average Bonchev–Trinajstić information content (AvgIpc) is 2.74. The number of fused-ring (bicyclic) bond motifs is 1. The summed E-state index contributed by atoms with van der Waals surface area (Å²) < 4.78 is 15.2. The minimum atomic E-state index is -0.971. The Kier molecular flexibility index (Phi) is 6.04. The molecule has 6 nitrogen and oxygen atoms in total. The fourth-order valence-corrected chi connectivity index (χ4v) is 4.88. The molecular weight excluding hydrogens is 480 g/mol. The number of carbonyl (C=O) groups excluding carboxylic acids is 3. The quantitative estimate of drug-likeness (QED) is 0.424. The number of anilines is 2. The molecule has 0 radical (unpaired) electrons. The lowest BCUT2D eigenvalue weighted by atomic mass is 9.87. The van der Waals surface area contributed by atoms with Crippen LogP contribution < -0.4 is 15.1 Å². The number of allylic oxidation sites excluding steroid dienone is 1. The molecule has 2 aliphatic heterocycles. The van der Waals surface area contributed by atoms with Crippen LogP contribution in [-0.2, 0) is 9.59 Å². The van der Waals surface area contributed by atoms with Crippen molar-refractivity contribution in [3.05, 3.63) is 69.0 Å². The first-order valence-electron chi connectivity index (χ1n) is 10.6. The van der Waals surface area contributed by atoms with Gasteiger partial charge in [0.2, 0.25) is 0 Å². The molecule has 0 saturated carbocycles. The van der Waals surface area contributed by atoms with Crippen molar-refractivity contribution >= 4 is 64.1 Å². The molecule has 0 bridgehead atoms. The van der Waals surface area contributed by atoms with Crippen LogP contribution in [0, 0.1) is 5.82 Å². The van der Waals surface area contributed by atoms with Gasteiger partial charge < -0.3 is 4.90 Å². The third-order valence-electron chi connectivity index (χ3n) is 5.99. The molecule has 2 aromatic carbocycles. The molecule has 9 heteroatoms. The SMILES string of the molecule is CCN1c2cc(F)c(/C=C3/C(=O)NC(=O)N(c4cccc(Cl)c4Cl)C3=O)cc2C(C)=CC1(C)C. The van der Waals surface area contributed by atoms with Gasteiger partial charge in [0.05, 0.1) is 21.3 Å². The van der Waals surface area contributed by atoms with Crippen LogP contribution in [0.2, 0.25) is 10.0 Å². The number of likely N-dealkylation sites (N-methyl/N-ethyl adjacent to an activating group) is 1. The number of benzene rings is 2. The van der Waals surface area contributed by atoms with E-state index in [2.05, 4.69) is 16.3 Å². The molecule has 0 aliphatic carbocycles. The molecule has 176 valence electrons. The molecular formula is C25H22Cl2FN3O3. The summed E-state index contributed by atoms with van der Waals surface area (Å²) >= 11 is 12.2. The number of imide groups is 2. The van der Waals surface area contributed by atoms with Crippen LogP contribution in [0.3, 0.4) is 0 Å². The van der Waals surface area contributed by atoms with Gasteiger partial charge in [-0.25, -0.2) is 14.1 Å². The van der Waals surface area contributed by atoms with Crippen LogP contribution in [-0.4, -0.2) is 29.9 Å². The number of nitrogens with zero attached hydrogens (tertiary/aromatic N) is 2. The molecule has 0 aromatic heterocycles. The first-order chi connectivity index (χ1) is 16.0. The van der Waals surface area contributed by atoms with Crippen molar-refractivity contribution in [2.45, 2.75) is 33.2 Å². The largest absolute Gasteiger partial charge is 0.363 e. The Morgan fingerprint density at radius 3 is 2.50 bits per heavy atom. The zero-order valence-corrected chi connectivity index (χ0v) is 20.5. The summed E-state index contributed by atoms with van der Waals surface area (Å²) in [6, 6.07) is 6.49. The number of amides is 4. The Morgan fingerprint density at radius 2 is 1.82 bits per heavy atom. The number of rotatable bonds is 3. The molecule has 34 heavy (non-hydrogen) atoms. The van der Waals surface area contributed by atoms with E-state index in [0.717, 1.165) is 22.9 Å². The van der Waals surface area contributed by atoms with E-state index in [9.17, 15) is 14.4 Å². The van der Waals surface area contributed by atoms with Crippen molar-refractivity contribution in [2.75, 3.05) is 16.3 Å². The summed E-state index contributed by atoms with van der Waals surface area (Å²) in [4.78, 5) is 41.0. The van der Waals surface area contributed by atoms with Gasteiger partial charge in [-0.3, -0.25) is 14.9 Å². The maximum Gasteiger partial charge on any atom is 0.336 e. The number of halogens is 3. The van der Waals surface area contributed by atoms with Crippen molar-refractivity contribution in [1.29, 1.82) is 0 Å². The Bertz CT molecular complexity index is 1320. The third-order valence-corrected chi connectivity index (χ3v) is 6.79. The molecule has 0 spiro atoms. The molecule has 0 atom stereocenters. The third kappa shape index (κ3) is 3.89. The highest BCUT2D eigenvalue weighted by Crippen LogP contribution is 2.40. The van der Waals surface area contributed by atoms with Gasteiger partial charge >= 0.3 is 6.03 Å². The van der Waals surface area contributed by atoms with Gasteiger partial charge in [-0.15, -0.1) is 0 Å². The molecule has 2 aromatic rings. The molecule has 2 heterocycles. The lowest BCUT2D eigenvalue weighted by Gasteiger charge is -2.43. The van der Waals surface area contributed by atoms with E-state index in [1.54, 1.807) is 6.07 Å². The van der Waals surface area contributed by atoms with Gasteiger partial charge in [0, 0.05) is 23.4 Å². The van der Waals surface area contributed by atoms with Gasteiger partial charge in [0.1, 0.15) is 11.4 Å². The number of carbonyl (C=O) groups is 3. The number of hydrogen-bond acceptors (Lipinski definition) is 4. The average molecular weight is 502 g/mol. The summed E-state index contributed by atoms with van der Waals surface area (Å²) in [5, 5.41) is 2.22. The summed E-state index contributed by atoms with van der Waals surface area (Å²) in [5.74, 6) is -2.45. The highest BCUT2D eigenvalue weighted by atomic mass is 35.5. The van der Waals surface area contributed by atoms with Gasteiger partial charge in [-0.2, -0.15) is 0 Å². The number of hydrogen-bond donors (Lipinski definition) is 1. The predicted molar refractivity (Wildman–Crippen MR) is 133 cm³/mol. The lowest BCUT2D eigenvalue weighted by Crippen LogP contribution is -2.54. The predicted octanol–water partition coefficient (Wildman–Crippen LogP) is 5.82. The Balaban J connectivity index is 1.82. The highest BCUT2D eigenvalue weighted by Gasteiger charge is 2.38. The molecule has 1 saturated heterocycles. The fourth-order valence-electron chi connectivity index (χ4n) is 4.50. The van der Waals surface area contributed by atoms with E-state index in [1.807, 2.05) is 27.7 Å². The van der Waals surface area contributed by atoms with Crippen LogP contribution >= 0.6 is 23.2 Å². The molecule has 0 unspecified atom stereocenters. The van der Waals surface area contributed by atoms with E-state index in [4.69, 9.17) is 23.2 Å². The fraction of sp³-hybridized carbons (Fsp3) is 0.240. The van der Waals surface area contributed by atoms with Crippen LogP contribution in [0.5, 0.6) is 0 Å². The second-order valence-corrected chi connectivity index (χ2v) is 9.43. The Labute approximate surface area is 206 Å². The van der Waals surface area contributed by atoms with E-state index in [-0.39, 0.29) is 26.8 Å². The van der Waals surface area contributed by atoms with Crippen LogP contribution in [0.1, 0.15) is 38.8 Å². The highest BCUT2D eigenvalue weighted by molar-refractivity contribution is 6.46. The van der Waals surface area contributed by atoms with Gasteiger partial charge in [0.25, 0.3) is 11.8 Å². The zero-order valence-electron chi connectivity index (χ0n) is 19.0. The standard InChI is InChI=1S/C25H22Cl2FN3O3/c1-5-30-20-11-18(28)14(9-15(20)13(2)12-25(30,3)4)10-16-22(32)29-24(34)31(23(16)33)19-8-6-7-17(26)21(19)27/h6-12H,5H2,1-4H3,(H,29,32,34)/b16-10-. The Morgan fingerprint density at radius 1 is 1.12 bits per heavy atom. The summed E-state index contributed by atoms with van der Waals surface area (Å²) in [6.45, 7) is 8.69. The molecule has 2 aliphatic rings. The second-order valence-electron chi connectivity index (χ2n) is 8.65. The van der Waals surface area contributed by atoms with Crippen molar-refractivity contribution in [3.63, 3.8) is 0 Å². The van der Waals surface area contributed by atoms with Gasteiger partial charge in [0.15, 0.2) is 0 Å². The number of urea groups is 1. The Hall–Kier alpha value is -3.16. The van der Waals surface area contributed by atoms with Gasteiger partial charge in [-0.05, 0) is 63.6 Å². The zero-order chi connectivity index (χ0) is 24.9. The molecule has 1 N–H and O–H groups in total. The van der Waals surface area contributed by atoms with Crippen molar-refractivity contribution in [2.24, 2.45) is 0 Å². The van der Waals surface area contributed by atoms with Crippen molar-refractivity contribution < 1.29 is 18.8 Å². The minimum absolute atomic E-state index is 0.0144. The first kappa shape index (κ1) is 24.0. The van der Waals surface area contributed by atoms with Crippen molar-refractivity contribution in [3.8, 4) is 0 Å². The normalized spacial score (nSPS) is 18.7. The monoisotopic (exact) mass is 501 g/mol. The molecule has 1 fully saturated rings. The summed E-state index contributed by atoms with van der Waals surface area (Å²) in [5.41, 5.74) is 1.84. The second kappa shape index (κ2) is 8.56. The van der Waals surface area contributed by atoms with Crippen LogP contribution in [0.15, 0.2) is 42.0 Å². The van der Waals surface area contributed by atoms with Gasteiger partial charge in [-0.1, -0.05) is 35.3 Å². The number of nitrogens with one attached hydrogen (secondary N) is 1. The molecule has 4 amide bonds. The minimum Gasteiger partial charge on any atom is -0.363 e. The van der Waals surface area contributed by atoms with E-state index >= 15 is 4.39 Å². The van der Waals surface area contributed by atoms with E-state index in [0.29, 0.717) is 11.4 Å².